The van der Waals surface area contributed by atoms with Gasteiger partial charge in [-0.1, -0.05) is 24.2 Å². The van der Waals surface area contributed by atoms with Crippen LogP contribution in [0.3, 0.4) is 0 Å². The molecule has 1 heterocycles. The molecule has 1 fully saturated rings. The van der Waals surface area contributed by atoms with E-state index in [9.17, 15) is 16.8 Å². The lowest BCUT2D eigenvalue weighted by molar-refractivity contribution is 0.267. The molecule has 1 aromatic carbocycles. The molecule has 1 unspecified atom stereocenters. The Kier molecular flexibility index (Phi) is 6.09. The molecule has 1 saturated heterocycles. The predicted octanol–water partition coefficient (Wildman–Crippen LogP) is 2.11. The van der Waals surface area contributed by atoms with E-state index in [0.29, 0.717) is 23.6 Å². The molecule has 2 rings (SSSR count). The molecule has 0 saturated carbocycles. The van der Waals surface area contributed by atoms with E-state index in [1.54, 1.807) is 25.1 Å². The Morgan fingerprint density at radius 1 is 1.38 bits per heavy atom. The van der Waals surface area contributed by atoms with Gasteiger partial charge in [0.15, 0.2) is 0 Å². The van der Waals surface area contributed by atoms with Crippen LogP contribution < -0.4 is 4.72 Å². The number of nitrogens with zero attached hydrogens (tertiary/aromatic N) is 1. The van der Waals surface area contributed by atoms with Crippen molar-refractivity contribution in [2.45, 2.75) is 24.7 Å². The summed E-state index contributed by atoms with van der Waals surface area (Å²) in [5.41, 5.74) is 0.522. The molecule has 0 radical (unpaired) electrons. The molecular formula is C15H21ClN2O4S2. The van der Waals surface area contributed by atoms with Crippen LogP contribution >= 0.6 is 11.6 Å². The fraction of sp³-hybridized carbons (Fsp3) is 0.467. The molecule has 6 nitrogen and oxygen atoms in total. The average Bonchev–Trinajstić information content (AvgIpc) is 2.56. The van der Waals surface area contributed by atoms with Crippen molar-refractivity contribution in [1.29, 1.82) is 0 Å². The highest BCUT2D eigenvalue weighted by Crippen LogP contribution is 2.28. The van der Waals surface area contributed by atoms with E-state index in [2.05, 4.69) is 11.3 Å². The third-order valence-electron chi connectivity index (χ3n) is 4.11. The predicted molar refractivity (Wildman–Crippen MR) is 94.8 cm³/mol. The van der Waals surface area contributed by atoms with Crippen LogP contribution in [-0.2, 0) is 20.0 Å². The minimum absolute atomic E-state index is 0.0808. The minimum atomic E-state index is -3.66. The number of benzene rings is 1. The summed E-state index contributed by atoms with van der Waals surface area (Å²) in [6.45, 7) is 5.79. The van der Waals surface area contributed by atoms with Crippen LogP contribution in [0.1, 0.15) is 18.4 Å². The zero-order valence-electron chi connectivity index (χ0n) is 13.4. The smallest absolute Gasteiger partial charge is 0.211 e. The summed E-state index contributed by atoms with van der Waals surface area (Å²) in [5.74, 6) is -0.0808. The van der Waals surface area contributed by atoms with Crippen molar-refractivity contribution < 1.29 is 16.8 Å². The third kappa shape index (κ3) is 4.37. The first-order chi connectivity index (χ1) is 11.2. The van der Waals surface area contributed by atoms with Gasteiger partial charge in [-0.05, 0) is 43.4 Å². The van der Waals surface area contributed by atoms with E-state index in [1.165, 1.54) is 4.31 Å². The first-order valence-corrected chi connectivity index (χ1v) is 10.9. The number of rotatable bonds is 6. The van der Waals surface area contributed by atoms with Gasteiger partial charge in [0.05, 0.1) is 4.90 Å². The number of halogens is 1. The first kappa shape index (κ1) is 19.4. The van der Waals surface area contributed by atoms with Crippen molar-refractivity contribution in [3.8, 4) is 0 Å². The van der Waals surface area contributed by atoms with Gasteiger partial charge in [0, 0.05) is 30.1 Å². The minimum Gasteiger partial charge on any atom is -0.211 e. The molecule has 134 valence electrons. The van der Waals surface area contributed by atoms with Crippen molar-refractivity contribution in [2.75, 3.05) is 19.6 Å². The summed E-state index contributed by atoms with van der Waals surface area (Å²) in [7, 11) is -7.16. The lowest BCUT2D eigenvalue weighted by atomic mass is 10.0. The van der Waals surface area contributed by atoms with Crippen LogP contribution in [0, 0.1) is 12.8 Å². The second-order valence-corrected chi connectivity index (χ2v) is 9.82. The van der Waals surface area contributed by atoms with Gasteiger partial charge in [0.2, 0.25) is 20.0 Å². The molecule has 0 bridgehead atoms. The average molecular weight is 393 g/mol. The molecule has 0 aliphatic carbocycles. The van der Waals surface area contributed by atoms with Gasteiger partial charge in [-0.3, -0.25) is 0 Å². The lowest BCUT2D eigenvalue weighted by Crippen LogP contribution is -2.43. The van der Waals surface area contributed by atoms with Gasteiger partial charge >= 0.3 is 0 Å². The summed E-state index contributed by atoms with van der Waals surface area (Å²) < 4.78 is 52.5. The van der Waals surface area contributed by atoms with Gasteiger partial charge in [0.1, 0.15) is 0 Å². The van der Waals surface area contributed by atoms with Crippen molar-refractivity contribution in [3.05, 3.63) is 40.8 Å². The SMILES string of the molecule is C=CS(=O)(=O)NCC1CCCN(S(=O)(=O)c2cccc(Cl)c2C)C1. The monoisotopic (exact) mass is 392 g/mol. The quantitative estimate of drug-likeness (QED) is 0.803. The van der Waals surface area contributed by atoms with Gasteiger partial charge < -0.3 is 0 Å². The molecule has 1 aromatic rings. The molecule has 24 heavy (non-hydrogen) atoms. The van der Waals surface area contributed by atoms with Crippen LogP contribution in [0.5, 0.6) is 0 Å². The van der Waals surface area contributed by atoms with Crippen LogP contribution in [-0.4, -0.2) is 40.8 Å². The summed E-state index contributed by atoms with van der Waals surface area (Å²) >= 11 is 6.03. The van der Waals surface area contributed by atoms with Crippen molar-refractivity contribution in [2.24, 2.45) is 5.92 Å². The van der Waals surface area contributed by atoms with Crippen LogP contribution in [0.2, 0.25) is 5.02 Å². The van der Waals surface area contributed by atoms with E-state index in [1.807, 2.05) is 0 Å². The molecular weight excluding hydrogens is 372 g/mol. The molecule has 1 aliphatic rings. The number of nitrogens with one attached hydrogen (secondary N) is 1. The fourth-order valence-corrected chi connectivity index (χ4v) is 5.33. The Labute approximate surface area is 148 Å². The zero-order valence-corrected chi connectivity index (χ0v) is 15.8. The standard InChI is InChI=1S/C15H21ClN2O4S2/c1-3-23(19,20)17-10-13-6-5-9-18(11-13)24(21,22)15-8-4-7-14(16)12(15)2/h3-4,7-8,13,17H,1,5-6,9-11H2,2H3. The topological polar surface area (TPSA) is 83.6 Å². The molecule has 0 spiro atoms. The first-order valence-electron chi connectivity index (χ1n) is 7.55. The summed E-state index contributed by atoms with van der Waals surface area (Å²) in [5, 5.41) is 1.25. The maximum Gasteiger partial charge on any atom is 0.243 e. The summed E-state index contributed by atoms with van der Waals surface area (Å²) in [6, 6.07) is 4.81. The third-order valence-corrected chi connectivity index (χ3v) is 7.54. The molecule has 1 atom stereocenters. The van der Waals surface area contributed by atoms with E-state index >= 15 is 0 Å². The van der Waals surface area contributed by atoms with Crippen molar-refractivity contribution in [1.82, 2.24) is 9.03 Å². The van der Waals surface area contributed by atoms with Crippen molar-refractivity contribution >= 4 is 31.6 Å². The highest BCUT2D eigenvalue weighted by molar-refractivity contribution is 7.92. The Hall–Kier alpha value is -0.930. The maximum absolute atomic E-state index is 12.9. The van der Waals surface area contributed by atoms with Gasteiger partial charge in [-0.15, -0.1) is 0 Å². The highest BCUT2D eigenvalue weighted by Gasteiger charge is 2.31. The highest BCUT2D eigenvalue weighted by atomic mass is 35.5. The Morgan fingerprint density at radius 3 is 2.75 bits per heavy atom. The summed E-state index contributed by atoms with van der Waals surface area (Å²) in [6.07, 6.45) is 1.44. The van der Waals surface area contributed by atoms with Gasteiger partial charge in [-0.2, -0.15) is 4.31 Å². The van der Waals surface area contributed by atoms with Gasteiger partial charge in [0.25, 0.3) is 0 Å². The molecule has 1 aliphatic heterocycles. The Bertz CT molecular complexity index is 822. The number of piperidine rings is 1. The second kappa shape index (κ2) is 7.53. The lowest BCUT2D eigenvalue weighted by Gasteiger charge is -2.32. The number of hydrogen-bond donors (Lipinski definition) is 1. The van der Waals surface area contributed by atoms with E-state index in [-0.39, 0.29) is 23.9 Å². The van der Waals surface area contributed by atoms with Gasteiger partial charge in [-0.25, -0.2) is 21.6 Å². The Balaban J connectivity index is 2.16. The van der Waals surface area contributed by atoms with Crippen LogP contribution in [0.4, 0.5) is 0 Å². The fourth-order valence-electron chi connectivity index (χ4n) is 2.71. The van der Waals surface area contributed by atoms with Crippen molar-refractivity contribution in [3.63, 3.8) is 0 Å². The van der Waals surface area contributed by atoms with Crippen LogP contribution in [0.15, 0.2) is 35.1 Å². The van der Waals surface area contributed by atoms with E-state index in [0.717, 1.165) is 11.8 Å². The van der Waals surface area contributed by atoms with E-state index in [4.69, 9.17) is 11.6 Å². The molecule has 1 N–H and O–H groups in total. The van der Waals surface area contributed by atoms with E-state index < -0.39 is 20.0 Å². The Morgan fingerprint density at radius 2 is 2.08 bits per heavy atom. The molecule has 0 aromatic heterocycles. The summed E-state index contributed by atoms with van der Waals surface area (Å²) in [4.78, 5) is 0.197. The molecule has 0 amide bonds. The zero-order chi connectivity index (χ0) is 18.0. The second-order valence-electron chi connectivity index (χ2n) is 5.79. The maximum atomic E-state index is 12.9. The number of hydrogen-bond acceptors (Lipinski definition) is 4. The van der Waals surface area contributed by atoms with Crippen LogP contribution in [0.25, 0.3) is 0 Å². The normalized spacial score (nSPS) is 20.0. The molecule has 9 heteroatoms. The largest absolute Gasteiger partial charge is 0.243 e. The number of sulfonamides is 2.